The van der Waals surface area contributed by atoms with Crippen molar-refractivity contribution in [3.63, 3.8) is 0 Å². The van der Waals surface area contributed by atoms with E-state index >= 15 is 0 Å². The maximum Gasteiger partial charge on any atom is 0.123 e. The maximum absolute atomic E-state index is 13.2. The minimum Gasteiger partial charge on any atom is -0.326 e. The molecule has 19 heavy (non-hydrogen) atoms. The summed E-state index contributed by atoms with van der Waals surface area (Å²) in [4.78, 5) is 2.45. The quantitative estimate of drug-likeness (QED) is 0.924. The summed E-state index contributed by atoms with van der Waals surface area (Å²) in [6.07, 6.45) is 1.19. The molecule has 0 saturated carbocycles. The van der Waals surface area contributed by atoms with Crippen LogP contribution in [0.5, 0.6) is 0 Å². The third-order valence-electron chi connectivity index (χ3n) is 3.71. The Morgan fingerprint density at radius 1 is 1.32 bits per heavy atom. The molecule has 1 aromatic carbocycles. The van der Waals surface area contributed by atoms with Crippen LogP contribution in [-0.4, -0.2) is 28.5 Å². The monoisotopic (exact) mass is 282 g/mol. The van der Waals surface area contributed by atoms with Crippen molar-refractivity contribution in [2.45, 2.75) is 38.1 Å². The Hall–Kier alpha value is -0.580. The van der Waals surface area contributed by atoms with Crippen molar-refractivity contribution < 1.29 is 4.39 Å². The summed E-state index contributed by atoms with van der Waals surface area (Å²) in [5.41, 5.74) is 7.80. The van der Waals surface area contributed by atoms with Gasteiger partial charge in [0.05, 0.1) is 0 Å². The molecule has 106 valence electrons. The molecule has 2 N–H and O–H groups in total. The summed E-state index contributed by atoms with van der Waals surface area (Å²) in [6, 6.07) is 4.97. The molecule has 1 aliphatic rings. The second-order valence-electron chi connectivity index (χ2n) is 5.75. The topological polar surface area (TPSA) is 29.3 Å². The number of nitrogens with zero attached hydrogens (tertiary/aromatic N) is 1. The normalized spacial score (nSPS) is 20.2. The molecule has 1 saturated heterocycles. The largest absolute Gasteiger partial charge is 0.326 e. The Kier molecular flexibility index (Phi) is 4.87. The number of rotatable bonds is 3. The molecule has 1 aliphatic heterocycles. The molecule has 0 radical (unpaired) electrons. The minimum atomic E-state index is -0.197. The van der Waals surface area contributed by atoms with Gasteiger partial charge < -0.3 is 5.73 Å². The molecule has 1 aromatic rings. The Balaban J connectivity index is 2.05. The predicted molar refractivity (Wildman–Crippen MR) is 80.7 cm³/mol. The van der Waals surface area contributed by atoms with Crippen molar-refractivity contribution in [3.05, 3.63) is 35.1 Å². The van der Waals surface area contributed by atoms with E-state index in [0.29, 0.717) is 11.3 Å². The van der Waals surface area contributed by atoms with Crippen molar-refractivity contribution in [2.24, 2.45) is 5.73 Å². The maximum atomic E-state index is 13.2. The summed E-state index contributed by atoms with van der Waals surface area (Å²) in [7, 11) is 0. The van der Waals surface area contributed by atoms with E-state index in [1.807, 2.05) is 17.8 Å². The Labute approximate surface area is 119 Å². The molecular formula is C15H23FN2S. The van der Waals surface area contributed by atoms with Gasteiger partial charge in [0.1, 0.15) is 5.82 Å². The van der Waals surface area contributed by atoms with E-state index < -0.39 is 0 Å². The second-order valence-corrected chi connectivity index (χ2v) is 7.55. The fourth-order valence-electron chi connectivity index (χ4n) is 2.40. The van der Waals surface area contributed by atoms with Gasteiger partial charge in [-0.25, -0.2) is 4.39 Å². The highest BCUT2D eigenvalue weighted by molar-refractivity contribution is 8.00. The van der Waals surface area contributed by atoms with Crippen LogP contribution in [0.25, 0.3) is 0 Å². The Morgan fingerprint density at radius 2 is 2.11 bits per heavy atom. The summed E-state index contributed by atoms with van der Waals surface area (Å²) in [5, 5.41) is 0. The summed E-state index contributed by atoms with van der Waals surface area (Å²) < 4.78 is 13.6. The summed E-state index contributed by atoms with van der Waals surface area (Å²) >= 11 is 2.04. The van der Waals surface area contributed by atoms with Gasteiger partial charge in [0, 0.05) is 30.1 Å². The fraction of sp³-hybridized carbons (Fsp3) is 0.600. The van der Waals surface area contributed by atoms with Crippen LogP contribution >= 0.6 is 11.8 Å². The van der Waals surface area contributed by atoms with E-state index in [1.54, 1.807) is 6.07 Å². The third-order valence-corrected chi connectivity index (χ3v) is 5.08. The molecule has 4 heteroatoms. The van der Waals surface area contributed by atoms with Gasteiger partial charge in [0.15, 0.2) is 0 Å². The summed E-state index contributed by atoms with van der Waals surface area (Å²) in [6.45, 7) is 8.09. The molecule has 2 nitrogen and oxygen atoms in total. The van der Waals surface area contributed by atoms with Gasteiger partial charge in [-0.15, -0.1) is 0 Å². The lowest BCUT2D eigenvalue weighted by atomic mass is 10.1. The smallest absolute Gasteiger partial charge is 0.123 e. The molecule has 0 bridgehead atoms. The second kappa shape index (κ2) is 6.25. The highest BCUT2D eigenvalue weighted by Gasteiger charge is 2.23. The number of thioether (sulfide) groups is 1. The first-order chi connectivity index (χ1) is 9.00. The van der Waals surface area contributed by atoms with Crippen molar-refractivity contribution in [2.75, 3.05) is 18.8 Å². The van der Waals surface area contributed by atoms with E-state index in [1.165, 1.54) is 12.5 Å². The van der Waals surface area contributed by atoms with Crippen molar-refractivity contribution >= 4 is 11.8 Å². The molecule has 0 amide bonds. The first kappa shape index (κ1) is 14.8. The lowest BCUT2D eigenvalue weighted by Crippen LogP contribution is -2.27. The summed E-state index contributed by atoms with van der Waals surface area (Å²) in [5.74, 6) is 0.961. The SMILES string of the molecule is CC1(C)CCN(Cc2ccc(F)cc2CN)CCS1. The zero-order valence-corrected chi connectivity index (χ0v) is 12.6. The van der Waals surface area contributed by atoms with Crippen LogP contribution in [-0.2, 0) is 13.1 Å². The Morgan fingerprint density at radius 3 is 2.84 bits per heavy atom. The molecule has 0 aliphatic carbocycles. The first-order valence-corrected chi connectivity index (χ1v) is 7.82. The van der Waals surface area contributed by atoms with Crippen LogP contribution in [0.2, 0.25) is 0 Å². The molecule has 1 fully saturated rings. The zero-order chi connectivity index (χ0) is 13.9. The molecule has 0 atom stereocenters. The number of benzene rings is 1. The van der Waals surface area contributed by atoms with Crippen LogP contribution in [0, 0.1) is 5.82 Å². The standard InChI is InChI=1S/C15H23FN2S/c1-15(2)5-6-18(7-8-19-15)11-12-3-4-14(16)9-13(12)10-17/h3-4,9H,5-8,10-11,17H2,1-2H3. The average molecular weight is 282 g/mol. The van der Waals surface area contributed by atoms with Gasteiger partial charge in [0.25, 0.3) is 0 Å². The van der Waals surface area contributed by atoms with Gasteiger partial charge in [0.2, 0.25) is 0 Å². The van der Waals surface area contributed by atoms with Gasteiger partial charge in [-0.2, -0.15) is 11.8 Å². The van der Waals surface area contributed by atoms with Crippen LogP contribution in [0.1, 0.15) is 31.4 Å². The number of hydrogen-bond donors (Lipinski definition) is 1. The third kappa shape index (κ3) is 4.20. The highest BCUT2D eigenvalue weighted by Crippen LogP contribution is 2.31. The Bertz CT molecular complexity index is 434. The van der Waals surface area contributed by atoms with Crippen LogP contribution in [0.4, 0.5) is 4.39 Å². The van der Waals surface area contributed by atoms with E-state index in [0.717, 1.165) is 36.5 Å². The van der Waals surface area contributed by atoms with Gasteiger partial charge in [-0.1, -0.05) is 19.9 Å². The number of halogens is 1. The molecule has 0 unspecified atom stereocenters. The lowest BCUT2D eigenvalue weighted by Gasteiger charge is -2.23. The predicted octanol–water partition coefficient (Wildman–Crippen LogP) is 3.00. The number of hydrogen-bond acceptors (Lipinski definition) is 3. The van der Waals surface area contributed by atoms with Crippen LogP contribution in [0.15, 0.2) is 18.2 Å². The van der Waals surface area contributed by atoms with Crippen LogP contribution < -0.4 is 5.73 Å². The van der Waals surface area contributed by atoms with Gasteiger partial charge in [-0.05, 0) is 36.2 Å². The molecule has 1 heterocycles. The lowest BCUT2D eigenvalue weighted by molar-refractivity contribution is 0.275. The zero-order valence-electron chi connectivity index (χ0n) is 11.8. The highest BCUT2D eigenvalue weighted by atomic mass is 32.2. The van der Waals surface area contributed by atoms with Gasteiger partial charge >= 0.3 is 0 Å². The van der Waals surface area contributed by atoms with Crippen molar-refractivity contribution in [1.29, 1.82) is 0 Å². The molecular weight excluding hydrogens is 259 g/mol. The number of nitrogens with two attached hydrogens (primary N) is 1. The first-order valence-electron chi connectivity index (χ1n) is 6.84. The van der Waals surface area contributed by atoms with Crippen molar-refractivity contribution in [3.8, 4) is 0 Å². The molecule has 2 rings (SSSR count). The van der Waals surface area contributed by atoms with E-state index in [2.05, 4.69) is 18.7 Å². The fourth-order valence-corrected chi connectivity index (χ4v) is 3.54. The van der Waals surface area contributed by atoms with Crippen molar-refractivity contribution in [1.82, 2.24) is 4.90 Å². The molecule has 0 aromatic heterocycles. The van der Waals surface area contributed by atoms with E-state index in [-0.39, 0.29) is 5.82 Å². The molecule has 0 spiro atoms. The van der Waals surface area contributed by atoms with Gasteiger partial charge in [-0.3, -0.25) is 4.90 Å². The average Bonchev–Trinajstić information content (AvgIpc) is 2.53. The van der Waals surface area contributed by atoms with E-state index in [4.69, 9.17) is 5.73 Å². The van der Waals surface area contributed by atoms with E-state index in [9.17, 15) is 4.39 Å². The minimum absolute atomic E-state index is 0.197. The van der Waals surface area contributed by atoms with Crippen LogP contribution in [0.3, 0.4) is 0 Å².